The number of thioether (sulfide) groups is 1. The van der Waals surface area contributed by atoms with Crippen molar-refractivity contribution >= 4 is 50.8 Å². The van der Waals surface area contributed by atoms with Crippen LogP contribution in [0, 0.1) is 0 Å². The second kappa shape index (κ2) is 8.61. The predicted octanol–water partition coefficient (Wildman–Crippen LogP) is 5.62. The smallest absolute Gasteiger partial charge is 0.211 e. The van der Waals surface area contributed by atoms with E-state index in [1.54, 1.807) is 35.6 Å². The third-order valence-electron chi connectivity index (χ3n) is 5.44. The van der Waals surface area contributed by atoms with Crippen molar-refractivity contribution in [3.63, 3.8) is 0 Å². The number of imidazole rings is 1. The highest BCUT2D eigenvalue weighted by atomic mass is 35.5. The van der Waals surface area contributed by atoms with E-state index in [9.17, 15) is 9.59 Å². The Hall–Kier alpha value is -2.41. The highest BCUT2D eigenvalue weighted by Gasteiger charge is 2.23. The van der Waals surface area contributed by atoms with Crippen molar-refractivity contribution in [3.05, 3.63) is 91.4 Å². The van der Waals surface area contributed by atoms with Gasteiger partial charge >= 0.3 is 0 Å². The lowest BCUT2D eigenvalue weighted by molar-refractivity contribution is 0.102. The highest BCUT2D eigenvalue weighted by Crippen LogP contribution is 2.32. The molecule has 0 bridgehead atoms. The molecule has 0 fully saturated rings. The standard InChI is InChI=1S/C24H19ClN2O2S2/c25-17-11-9-16(10-12-17)19(28)14-30-24-26-21-22(29)18-7-4-8-20(18)31-23(21)27(24)13-15-5-2-1-3-6-15/h1-3,5-6,9-12H,4,7-8,13-14H2. The van der Waals surface area contributed by atoms with E-state index in [0.717, 1.165) is 35.2 Å². The third-order valence-corrected chi connectivity index (χ3v) is 7.98. The van der Waals surface area contributed by atoms with Crippen molar-refractivity contribution in [3.8, 4) is 0 Å². The van der Waals surface area contributed by atoms with E-state index >= 15 is 0 Å². The molecule has 0 aliphatic heterocycles. The van der Waals surface area contributed by atoms with Gasteiger partial charge in [-0.15, -0.1) is 11.3 Å². The van der Waals surface area contributed by atoms with Crippen LogP contribution in [0.4, 0.5) is 0 Å². The molecule has 4 nitrogen and oxygen atoms in total. The van der Waals surface area contributed by atoms with Crippen LogP contribution in [-0.2, 0) is 19.4 Å². The van der Waals surface area contributed by atoms with Crippen molar-refractivity contribution in [2.45, 2.75) is 31.0 Å². The van der Waals surface area contributed by atoms with Crippen molar-refractivity contribution in [2.24, 2.45) is 0 Å². The number of carbonyl (C=O) groups is 1. The van der Waals surface area contributed by atoms with Gasteiger partial charge in [0.15, 0.2) is 10.9 Å². The van der Waals surface area contributed by atoms with E-state index in [1.807, 2.05) is 18.2 Å². The number of rotatable bonds is 6. The first-order chi connectivity index (χ1) is 15.1. The minimum atomic E-state index is 0.00787. The van der Waals surface area contributed by atoms with E-state index in [0.29, 0.717) is 27.8 Å². The van der Waals surface area contributed by atoms with Gasteiger partial charge in [0.05, 0.1) is 12.3 Å². The van der Waals surface area contributed by atoms with Crippen LogP contribution in [0.25, 0.3) is 10.3 Å². The molecule has 0 N–H and O–H groups in total. The van der Waals surface area contributed by atoms with Gasteiger partial charge in [0.1, 0.15) is 10.3 Å². The molecule has 2 heterocycles. The number of aryl methyl sites for hydroxylation is 1. The molecule has 0 unspecified atom stereocenters. The zero-order valence-electron chi connectivity index (χ0n) is 16.6. The molecule has 0 saturated carbocycles. The summed E-state index contributed by atoms with van der Waals surface area (Å²) in [7, 11) is 0. The molecule has 0 spiro atoms. The fraction of sp³-hybridized carbons (Fsp3) is 0.208. The fourth-order valence-corrected chi connectivity index (χ4v) is 6.24. The summed E-state index contributed by atoms with van der Waals surface area (Å²) in [5.41, 5.74) is 3.26. The van der Waals surface area contributed by atoms with Crippen LogP contribution in [0.15, 0.2) is 64.5 Å². The Balaban J connectivity index is 1.52. The van der Waals surface area contributed by atoms with Gasteiger partial charge in [0.2, 0.25) is 5.43 Å². The molecular formula is C24H19ClN2O2S2. The van der Waals surface area contributed by atoms with E-state index in [-0.39, 0.29) is 17.0 Å². The summed E-state index contributed by atoms with van der Waals surface area (Å²) in [6.45, 7) is 0.615. The summed E-state index contributed by atoms with van der Waals surface area (Å²) >= 11 is 8.99. The van der Waals surface area contributed by atoms with E-state index in [4.69, 9.17) is 16.6 Å². The maximum atomic E-state index is 13.1. The summed E-state index contributed by atoms with van der Waals surface area (Å²) < 4.78 is 2.09. The summed E-state index contributed by atoms with van der Waals surface area (Å²) in [4.78, 5) is 32.6. The number of halogens is 1. The average molecular weight is 467 g/mol. The molecule has 1 aliphatic carbocycles. The van der Waals surface area contributed by atoms with Gasteiger partial charge in [0.25, 0.3) is 0 Å². The number of ketones is 1. The van der Waals surface area contributed by atoms with Crippen LogP contribution in [0.3, 0.4) is 0 Å². The lowest BCUT2D eigenvalue weighted by Crippen LogP contribution is -2.08. The summed E-state index contributed by atoms with van der Waals surface area (Å²) in [6.07, 6.45) is 2.83. The van der Waals surface area contributed by atoms with E-state index in [1.165, 1.54) is 16.6 Å². The number of benzene rings is 2. The second-order valence-electron chi connectivity index (χ2n) is 7.53. The third kappa shape index (κ3) is 4.07. The number of carbonyl (C=O) groups excluding carboxylic acids is 1. The molecule has 0 saturated heterocycles. The molecule has 1 aliphatic rings. The van der Waals surface area contributed by atoms with Crippen LogP contribution in [0.2, 0.25) is 5.02 Å². The Labute approximate surface area is 192 Å². The van der Waals surface area contributed by atoms with Crippen molar-refractivity contribution < 1.29 is 4.79 Å². The zero-order valence-corrected chi connectivity index (χ0v) is 19.0. The number of fused-ring (bicyclic) bond motifs is 2. The van der Waals surface area contributed by atoms with Crippen molar-refractivity contribution in [1.29, 1.82) is 0 Å². The maximum absolute atomic E-state index is 13.1. The number of hydrogen-bond donors (Lipinski definition) is 0. The highest BCUT2D eigenvalue weighted by molar-refractivity contribution is 7.99. The van der Waals surface area contributed by atoms with Gasteiger partial charge in [0, 0.05) is 21.0 Å². The zero-order chi connectivity index (χ0) is 21.4. The molecule has 2 aromatic heterocycles. The minimum absolute atomic E-state index is 0.00787. The molecule has 5 rings (SSSR count). The summed E-state index contributed by atoms with van der Waals surface area (Å²) in [5, 5.41) is 1.31. The Bertz CT molecular complexity index is 1330. The molecule has 0 atom stereocenters. The fourth-order valence-electron chi connectivity index (χ4n) is 3.86. The monoisotopic (exact) mass is 466 g/mol. The number of nitrogens with zero attached hydrogens (tertiary/aromatic N) is 2. The van der Waals surface area contributed by atoms with E-state index < -0.39 is 0 Å². The normalized spacial score (nSPS) is 12.9. The first kappa shape index (κ1) is 20.5. The van der Waals surface area contributed by atoms with Gasteiger partial charge in [-0.05, 0) is 49.1 Å². The largest absolute Gasteiger partial charge is 0.306 e. The number of Topliss-reactive ketones (excluding diaryl/α,β-unsaturated/α-hetero) is 1. The Morgan fingerprint density at radius 2 is 1.87 bits per heavy atom. The average Bonchev–Trinajstić information content (AvgIpc) is 3.39. The lowest BCUT2D eigenvalue weighted by atomic mass is 10.1. The van der Waals surface area contributed by atoms with Gasteiger partial charge in [-0.1, -0.05) is 53.7 Å². The lowest BCUT2D eigenvalue weighted by Gasteiger charge is -2.09. The van der Waals surface area contributed by atoms with Crippen LogP contribution in [0.1, 0.15) is 32.8 Å². The van der Waals surface area contributed by atoms with Gasteiger partial charge in [-0.25, -0.2) is 4.98 Å². The Morgan fingerprint density at radius 1 is 1.10 bits per heavy atom. The van der Waals surface area contributed by atoms with Crippen LogP contribution >= 0.6 is 34.7 Å². The Morgan fingerprint density at radius 3 is 2.65 bits per heavy atom. The summed E-state index contributed by atoms with van der Waals surface area (Å²) in [5.74, 6) is 0.256. The van der Waals surface area contributed by atoms with Crippen molar-refractivity contribution in [1.82, 2.24) is 9.55 Å². The summed E-state index contributed by atoms with van der Waals surface area (Å²) in [6, 6.07) is 17.0. The van der Waals surface area contributed by atoms with Gasteiger partial charge in [-0.2, -0.15) is 0 Å². The predicted molar refractivity (Wildman–Crippen MR) is 128 cm³/mol. The Kier molecular flexibility index (Phi) is 5.69. The molecule has 156 valence electrons. The molecule has 0 radical (unpaired) electrons. The van der Waals surface area contributed by atoms with Gasteiger partial charge in [-0.3, -0.25) is 9.59 Å². The second-order valence-corrected chi connectivity index (χ2v) is 9.99. The first-order valence-electron chi connectivity index (χ1n) is 10.1. The maximum Gasteiger partial charge on any atom is 0.211 e. The van der Waals surface area contributed by atoms with Crippen molar-refractivity contribution in [2.75, 3.05) is 5.75 Å². The number of aromatic nitrogens is 2. The first-order valence-corrected chi connectivity index (χ1v) is 12.3. The van der Waals surface area contributed by atoms with Crippen LogP contribution < -0.4 is 5.43 Å². The van der Waals surface area contributed by atoms with Crippen LogP contribution in [-0.4, -0.2) is 21.1 Å². The van der Waals surface area contributed by atoms with Gasteiger partial charge < -0.3 is 4.57 Å². The minimum Gasteiger partial charge on any atom is -0.306 e. The molecule has 7 heteroatoms. The van der Waals surface area contributed by atoms with E-state index in [2.05, 4.69) is 16.7 Å². The molecular weight excluding hydrogens is 448 g/mol. The van der Waals surface area contributed by atoms with Crippen LogP contribution in [0.5, 0.6) is 0 Å². The molecule has 2 aromatic carbocycles. The quantitative estimate of drug-likeness (QED) is 0.273. The topological polar surface area (TPSA) is 52.0 Å². The molecule has 31 heavy (non-hydrogen) atoms. The molecule has 4 aromatic rings. The molecule has 0 amide bonds. The SMILES string of the molecule is O=C(CSc1nc2c(=O)c3c(sc2n1Cc1ccccc1)CCC3)c1ccc(Cl)cc1. The number of hydrogen-bond acceptors (Lipinski definition) is 5.